The van der Waals surface area contributed by atoms with E-state index in [9.17, 15) is 4.79 Å². The molecule has 0 aliphatic carbocycles. The van der Waals surface area contributed by atoms with Crippen molar-refractivity contribution in [3.05, 3.63) is 35.4 Å². The summed E-state index contributed by atoms with van der Waals surface area (Å²) in [6.07, 6.45) is 3.63. The molecule has 0 heterocycles. The number of aliphatic carboxylic acids is 1. The number of rotatable bonds is 6. The quantitative estimate of drug-likeness (QED) is 0.605. The normalized spacial score (nSPS) is 10.7. The first kappa shape index (κ1) is 13.6. The molecule has 0 fully saturated rings. The van der Waals surface area contributed by atoms with Crippen molar-refractivity contribution in [2.24, 2.45) is 0 Å². The molecular formula is C13H16ClNO2. The molecule has 0 saturated heterocycles. The summed E-state index contributed by atoms with van der Waals surface area (Å²) in [6.45, 7) is 2.76. The van der Waals surface area contributed by atoms with E-state index in [1.807, 2.05) is 25.1 Å². The van der Waals surface area contributed by atoms with Crippen molar-refractivity contribution in [3.63, 3.8) is 0 Å². The molecule has 0 amide bonds. The van der Waals surface area contributed by atoms with Gasteiger partial charge in [0.15, 0.2) is 0 Å². The highest BCUT2D eigenvalue weighted by Gasteiger charge is 2.00. The van der Waals surface area contributed by atoms with E-state index in [4.69, 9.17) is 16.7 Å². The number of carboxylic acid groups (broad SMARTS) is 1. The fourth-order valence-electron chi connectivity index (χ4n) is 1.54. The van der Waals surface area contributed by atoms with Crippen LogP contribution >= 0.6 is 11.6 Å². The number of alkyl halides is 1. The van der Waals surface area contributed by atoms with E-state index in [-0.39, 0.29) is 0 Å². The Bertz CT molecular complexity index is 416. The van der Waals surface area contributed by atoms with Gasteiger partial charge in [0.05, 0.1) is 0 Å². The molecule has 1 aromatic rings. The highest BCUT2D eigenvalue weighted by Crippen LogP contribution is 2.18. The zero-order chi connectivity index (χ0) is 12.7. The third kappa shape index (κ3) is 4.49. The van der Waals surface area contributed by atoms with Crippen LogP contribution in [0.5, 0.6) is 0 Å². The van der Waals surface area contributed by atoms with E-state index in [0.29, 0.717) is 5.88 Å². The molecule has 0 radical (unpaired) electrons. The van der Waals surface area contributed by atoms with E-state index in [2.05, 4.69) is 5.32 Å². The molecule has 0 aliphatic heterocycles. The van der Waals surface area contributed by atoms with Crippen molar-refractivity contribution in [2.45, 2.75) is 13.3 Å². The summed E-state index contributed by atoms with van der Waals surface area (Å²) in [7, 11) is 0. The minimum absolute atomic E-state index is 0.558. The lowest BCUT2D eigenvalue weighted by Crippen LogP contribution is -2.03. The van der Waals surface area contributed by atoms with Crippen LogP contribution in [-0.2, 0) is 11.2 Å². The van der Waals surface area contributed by atoms with Crippen molar-refractivity contribution in [1.82, 2.24) is 0 Å². The molecule has 2 N–H and O–H groups in total. The number of nitrogens with one attached hydrogen (secondary N) is 1. The van der Waals surface area contributed by atoms with Gasteiger partial charge in [-0.25, -0.2) is 4.79 Å². The van der Waals surface area contributed by atoms with Gasteiger partial charge in [0, 0.05) is 24.2 Å². The first-order chi connectivity index (χ1) is 8.17. The van der Waals surface area contributed by atoms with Gasteiger partial charge in [-0.2, -0.15) is 0 Å². The van der Waals surface area contributed by atoms with Crippen LogP contribution in [0.4, 0.5) is 5.69 Å². The Balaban J connectivity index is 2.89. The smallest absolute Gasteiger partial charge is 0.328 e. The molecule has 0 saturated carbocycles. The summed E-state index contributed by atoms with van der Waals surface area (Å²) >= 11 is 5.60. The Hall–Kier alpha value is -1.48. The monoisotopic (exact) mass is 253 g/mol. The Morgan fingerprint density at radius 2 is 2.29 bits per heavy atom. The molecule has 0 atom stereocenters. The van der Waals surface area contributed by atoms with Crippen LogP contribution in [0.15, 0.2) is 24.3 Å². The van der Waals surface area contributed by atoms with Gasteiger partial charge < -0.3 is 10.4 Å². The van der Waals surface area contributed by atoms with Crippen LogP contribution in [0.3, 0.4) is 0 Å². The molecule has 0 spiro atoms. The Kier molecular flexibility index (Phi) is 5.57. The largest absolute Gasteiger partial charge is 0.478 e. The summed E-state index contributed by atoms with van der Waals surface area (Å²) in [6, 6.07) is 5.86. The zero-order valence-corrected chi connectivity index (χ0v) is 10.5. The lowest BCUT2D eigenvalue weighted by atomic mass is 10.0. The maximum atomic E-state index is 10.5. The van der Waals surface area contributed by atoms with E-state index in [1.165, 1.54) is 0 Å². The molecule has 0 aliphatic rings. The van der Waals surface area contributed by atoms with Crippen LogP contribution in [-0.4, -0.2) is 23.5 Å². The average molecular weight is 254 g/mol. The summed E-state index contributed by atoms with van der Waals surface area (Å²) < 4.78 is 0. The van der Waals surface area contributed by atoms with Crippen molar-refractivity contribution in [2.75, 3.05) is 17.7 Å². The highest BCUT2D eigenvalue weighted by atomic mass is 35.5. The second-order valence-corrected chi connectivity index (χ2v) is 3.93. The third-order valence-electron chi connectivity index (χ3n) is 2.35. The van der Waals surface area contributed by atoms with Crippen molar-refractivity contribution in [1.29, 1.82) is 0 Å². The number of anilines is 1. The maximum absolute atomic E-state index is 10.5. The molecule has 17 heavy (non-hydrogen) atoms. The molecule has 0 aromatic heterocycles. The van der Waals surface area contributed by atoms with Crippen LogP contribution in [0.25, 0.3) is 6.08 Å². The first-order valence-corrected chi connectivity index (χ1v) is 6.04. The molecule has 1 rings (SSSR count). The van der Waals surface area contributed by atoms with E-state index < -0.39 is 5.97 Å². The van der Waals surface area contributed by atoms with Gasteiger partial charge in [0.25, 0.3) is 0 Å². The van der Waals surface area contributed by atoms with E-state index in [1.54, 1.807) is 6.08 Å². The molecule has 0 bridgehead atoms. The van der Waals surface area contributed by atoms with Gasteiger partial charge in [0.1, 0.15) is 0 Å². The van der Waals surface area contributed by atoms with Crippen LogP contribution in [0.1, 0.15) is 18.1 Å². The summed E-state index contributed by atoms with van der Waals surface area (Å²) in [5.41, 5.74) is 3.06. The van der Waals surface area contributed by atoms with Crippen LogP contribution in [0, 0.1) is 0 Å². The number of halogens is 1. The van der Waals surface area contributed by atoms with Gasteiger partial charge in [-0.15, -0.1) is 11.6 Å². The Morgan fingerprint density at radius 3 is 2.88 bits per heavy atom. The molecular weight excluding hydrogens is 238 g/mol. The molecule has 0 unspecified atom stereocenters. The number of carboxylic acids is 1. The fraction of sp³-hybridized carbons (Fsp3) is 0.308. The zero-order valence-electron chi connectivity index (χ0n) is 9.74. The topological polar surface area (TPSA) is 49.3 Å². The Labute approximate surface area is 106 Å². The molecule has 4 heteroatoms. The number of hydrogen-bond acceptors (Lipinski definition) is 2. The SMILES string of the molecule is CCc1cc(NCCCl)ccc1C=CC(=O)O. The van der Waals surface area contributed by atoms with E-state index in [0.717, 1.165) is 35.9 Å². The summed E-state index contributed by atoms with van der Waals surface area (Å²) in [4.78, 5) is 10.5. The molecule has 1 aromatic carbocycles. The van der Waals surface area contributed by atoms with Crippen molar-refractivity contribution < 1.29 is 9.90 Å². The minimum Gasteiger partial charge on any atom is -0.478 e. The van der Waals surface area contributed by atoms with Gasteiger partial charge in [-0.1, -0.05) is 13.0 Å². The molecule has 92 valence electrons. The Morgan fingerprint density at radius 1 is 1.53 bits per heavy atom. The van der Waals surface area contributed by atoms with Gasteiger partial charge in [0.2, 0.25) is 0 Å². The predicted molar refractivity (Wildman–Crippen MR) is 71.7 cm³/mol. The van der Waals surface area contributed by atoms with Gasteiger partial charge in [-0.05, 0) is 35.8 Å². The minimum atomic E-state index is -0.934. The van der Waals surface area contributed by atoms with Crippen LogP contribution in [0.2, 0.25) is 0 Å². The standard InChI is InChI=1S/C13H16ClNO2/c1-2-10-9-12(15-8-7-14)5-3-11(10)4-6-13(16)17/h3-6,9,15H,2,7-8H2,1H3,(H,16,17). The average Bonchev–Trinajstić information content (AvgIpc) is 2.34. The number of benzene rings is 1. The molecule has 3 nitrogen and oxygen atoms in total. The summed E-state index contributed by atoms with van der Waals surface area (Å²) in [5.74, 6) is -0.376. The lowest BCUT2D eigenvalue weighted by molar-refractivity contribution is -0.131. The van der Waals surface area contributed by atoms with Crippen molar-refractivity contribution in [3.8, 4) is 0 Å². The number of carbonyl (C=O) groups is 1. The second-order valence-electron chi connectivity index (χ2n) is 3.55. The highest BCUT2D eigenvalue weighted by molar-refractivity contribution is 6.18. The lowest BCUT2D eigenvalue weighted by Gasteiger charge is -2.09. The maximum Gasteiger partial charge on any atom is 0.328 e. The second kappa shape index (κ2) is 6.97. The predicted octanol–water partition coefficient (Wildman–Crippen LogP) is 3.00. The fourth-order valence-corrected chi connectivity index (χ4v) is 1.63. The number of aryl methyl sites for hydroxylation is 1. The van der Waals surface area contributed by atoms with Crippen LogP contribution < -0.4 is 5.32 Å². The van der Waals surface area contributed by atoms with Gasteiger partial charge in [-0.3, -0.25) is 0 Å². The number of hydrogen-bond donors (Lipinski definition) is 2. The van der Waals surface area contributed by atoms with Gasteiger partial charge >= 0.3 is 5.97 Å². The first-order valence-electron chi connectivity index (χ1n) is 5.51. The van der Waals surface area contributed by atoms with E-state index >= 15 is 0 Å². The van der Waals surface area contributed by atoms with Crippen molar-refractivity contribution >= 4 is 29.3 Å². The third-order valence-corrected chi connectivity index (χ3v) is 2.54. The summed E-state index contributed by atoms with van der Waals surface area (Å²) in [5, 5.41) is 11.8.